The zero-order valence-corrected chi connectivity index (χ0v) is 18.4. The van der Waals surface area contributed by atoms with E-state index in [2.05, 4.69) is 34.6 Å². The van der Waals surface area contributed by atoms with Gasteiger partial charge in [-0.15, -0.1) is 22.7 Å². The fourth-order valence-corrected chi connectivity index (χ4v) is 5.42. The van der Waals surface area contributed by atoms with Crippen LogP contribution in [0.15, 0.2) is 65.4 Å². The van der Waals surface area contributed by atoms with E-state index in [4.69, 9.17) is 0 Å². The minimum Gasteiger partial charge on any atom is -0.338 e. The topological polar surface area (TPSA) is 62.3 Å². The third kappa shape index (κ3) is 4.11. The molecule has 1 aliphatic heterocycles. The molecule has 1 aliphatic rings. The zero-order chi connectivity index (χ0) is 21.2. The number of rotatable bonds is 4. The van der Waals surface area contributed by atoms with Crippen molar-refractivity contribution in [3.63, 3.8) is 0 Å². The van der Waals surface area contributed by atoms with Crippen molar-refractivity contribution in [1.82, 2.24) is 9.88 Å². The second kappa shape index (κ2) is 8.61. The van der Waals surface area contributed by atoms with Gasteiger partial charge in [-0.2, -0.15) is 0 Å². The molecule has 1 saturated heterocycles. The lowest BCUT2D eigenvalue weighted by molar-refractivity contribution is -0.121. The number of carbonyl (C=O) groups is 2. The van der Waals surface area contributed by atoms with Crippen LogP contribution >= 0.6 is 22.7 Å². The van der Waals surface area contributed by atoms with Gasteiger partial charge in [0.1, 0.15) is 0 Å². The lowest BCUT2D eigenvalue weighted by atomic mass is 9.96. The second-order valence-corrected chi connectivity index (χ2v) is 9.40. The number of piperidine rings is 1. The van der Waals surface area contributed by atoms with Gasteiger partial charge in [-0.25, -0.2) is 4.98 Å². The van der Waals surface area contributed by atoms with Crippen molar-refractivity contribution in [2.45, 2.75) is 12.8 Å². The Bertz CT molecular complexity index is 1220. The monoisotopic (exact) mass is 447 g/mol. The molecule has 0 atom stereocenters. The number of anilines is 1. The highest BCUT2D eigenvalue weighted by Crippen LogP contribution is 2.31. The van der Waals surface area contributed by atoms with E-state index in [-0.39, 0.29) is 17.7 Å². The Morgan fingerprint density at radius 1 is 0.968 bits per heavy atom. The Morgan fingerprint density at radius 2 is 1.77 bits per heavy atom. The molecule has 0 aliphatic carbocycles. The van der Waals surface area contributed by atoms with Gasteiger partial charge in [-0.3, -0.25) is 9.59 Å². The molecule has 0 radical (unpaired) electrons. The van der Waals surface area contributed by atoms with Crippen LogP contribution in [-0.4, -0.2) is 34.8 Å². The third-order valence-electron chi connectivity index (χ3n) is 5.68. The number of benzene rings is 2. The maximum Gasteiger partial charge on any atom is 0.263 e. The van der Waals surface area contributed by atoms with Gasteiger partial charge in [0.25, 0.3) is 5.91 Å². The van der Waals surface area contributed by atoms with Gasteiger partial charge in [0.2, 0.25) is 5.91 Å². The molecule has 3 heterocycles. The van der Waals surface area contributed by atoms with Gasteiger partial charge in [0, 0.05) is 30.0 Å². The van der Waals surface area contributed by atoms with Crippen molar-refractivity contribution in [3.8, 4) is 11.3 Å². The van der Waals surface area contributed by atoms with Crippen molar-refractivity contribution in [1.29, 1.82) is 0 Å². The molecule has 0 spiro atoms. The first-order valence-corrected chi connectivity index (χ1v) is 12.0. The summed E-state index contributed by atoms with van der Waals surface area (Å²) in [7, 11) is 0. The first-order valence-electron chi connectivity index (χ1n) is 10.3. The molecule has 1 fully saturated rings. The van der Waals surface area contributed by atoms with E-state index in [9.17, 15) is 9.59 Å². The second-order valence-electron chi connectivity index (χ2n) is 7.60. The van der Waals surface area contributed by atoms with E-state index in [0.29, 0.717) is 31.1 Å². The average Bonchev–Trinajstić information content (AvgIpc) is 3.51. The third-order valence-corrected chi connectivity index (χ3v) is 7.30. The summed E-state index contributed by atoms with van der Waals surface area (Å²) < 4.78 is 0. The summed E-state index contributed by atoms with van der Waals surface area (Å²) >= 11 is 2.90. The minimum atomic E-state index is -0.0997. The summed E-state index contributed by atoms with van der Waals surface area (Å²) in [4.78, 5) is 32.5. The molecule has 2 aromatic heterocycles. The van der Waals surface area contributed by atoms with E-state index >= 15 is 0 Å². The maximum atomic E-state index is 12.8. The smallest absolute Gasteiger partial charge is 0.263 e. The Hall–Kier alpha value is -3.03. The first kappa shape index (κ1) is 19.9. The summed E-state index contributed by atoms with van der Waals surface area (Å²) in [6, 6.07) is 18.1. The lowest BCUT2D eigenvalue weighted by Gasteiger charge is -2.30. The van der Waals surface area contributed by atoms with Crippen LogP contribution in [0, 0.1) is 5.92 Å². The molecule has 31 heavy (non-hydrogen) atoms. The number of nitrogens with one attached hydrogen (secondary N) is 1. The van der Waals surface area contributed by atoms with Gasteiger partial charge in [0.15, 0.2) is 5.13 Å². The standard InChI is InChI=1S/C24H21N3O2S2/c28-22(17-10-12-27(13-11-17)23(29)21-9-4-14-30-21)26-24-25-20(15-31-24)19-8-3-6-16-5-1-2-7-18(16)19/h1-9,14-15,17H,10-13H2,(H,25,26,28). The van der Waals surface area contributed by atoms with Gasteiger partial charge in [-0.1, -0.05) is 48.5 Å². The number of nitrogens with zero attached hydrogens (tertiary/aromatic N) is 2. The van der Waals surface area contributed by atoms with Crippen LogP contribution in [0.1, 0.15) is 22.5 Å². The van der Waals surface area contributed by atoms with E-state index in [1.165, 1.54) is 28.1 Å². The van der Waals surface area contributed by atoms with E-state index in [1.807, 2.05) is 46.0 Å². The predicted octanol–water partition coefficient (Wildman–Crippen LogP) is 5.52. The summed E-state index contributed by atoms with van der Waals surface area (Å²) in [6.45, 7) is 1.21. The number of carbonyl (C=O) groups excluding carboxylic acids is 2. The average molecular weight is 448 g/mol. The highest BCUT2D eigenvalue weighted by atomic mass is 32.1. The van der Waals surface area contributed by atoms with Crippen LogP contribution in [0.5, 0.6) is 0 Å². The maximum absolute atomic E-state index is 12.8. The van der Waals surface area contributed by atoms with Crippen LogP contribution in [0.25, 0.3) is 22.0 Å². The number of hydrogen-bond acceptors (Lipinski definition) is 5. The van der Waals surface area contributed by atoms with Crippen molar-refractivity contribution in [2.24, 2.45) is 5.92 Å². The molecule has 156 valence electrons. The van der Waals surface area contributed by atoms with Crippen LogP contribution in [0.4, 0.5) is 5.13 Å². The molecule has 2 aromatic carbocycles. The van der Waals surface area contributed by atoms with Crippen LogP contribution < -0.4 is 5.32 Å². The number of amides is 2. The van der Waals surface area contributed by atoms with E-state index in [0.717, 1.165) is 21.5 Å². The van der Waals surface area contributed by atoms with Crippen molar-refractivity contribution in [3.05, 3.63) is 70.2 Å². The fourth-order valence-electron chi connectivity index (χ4n) is 4.01. The van der Waals surface area contributed by atoms with Gasteiger partial charge in [-0.05, 0) is 35.1 Å². The molecule has 7 heteroatoms. The molecular formula is C24H21N3O2S2. The van der Waals surface area contributed by atoms with Gasteiger partial charge < -0.3 is 10.2 Å². The lowest BCUT2D eigenvalue weighted by Crippen LogP contribution is -2.41. The molecule has 1 N–H and O–H groups in total. The molecule has 0 bridgehead atoms. The quantitative estimate of drug-likeness (QED) is 0.448. The van der Waals surface area contributed by atoms with Crippen molar-refractivity contribution < 1.29 is 9.59 Å². The Kier molecular flexibility index (Phi) is 5.53. The normalized spacial score (nSPS) is 14.6. The minimum absolute atomic E-state index is 0.0120. The SMILES string of the molecule is O=C(Nc1nc(-c2cccc3ccccc23)cs1)C1CCN(C(=O)c2cccs2)CC1. The van der Waals surface area contributed by atoms with Gasteiger partial charge >= 0.3 is 0 Å². The number of hydrogen-bond donors (Lipinski definition) is 1. The molecule has 5 rings (SSSR count). The largest absolute Gasteiger partial charge is 0.338 e. The molecule has 2 amide bonds. The van der Waals surface area contributed by atoms with E-state index in [1.54, 1.807) is 0 Å². The predicted molar refractivity (Wildman–Crippen MR) is 127 cm³/mol. The Balaban J connectivity index is 1.23. The van der Waals surface area contributed by atoms with Crippen LogP contribution in [0.3, 0.4) is 0 Å². The fraction of sp³-hybridized carbons (Fsp3) is 0.208. The molecule has 4 aromatic rings. The Labute approximate surface area is 188 Å². The highest BCUT2D eigenvalue weighted by molar-refractivity contribution is 7.14. The first-order chi connectivity index (χ1) is 15.2. The summed E-state index contributed by atoms with van der Waals surface area (Å²) in [6.07, 6.45) is 1.34. The van der Waals surface area contributed by atoms with Crippen molar-refractivity contribution in [2.75, 3.05) is 18.4 Å². The molecule has 0 unspecified atom stereocenters. The number of fused-ring (bicyclic) bond motifs is 1. The molecule has 0 saturated carbocycles. The highest BCUT2D eigenvalue weighted by Gasteiger charge is 2.28. The van der Waals surface area contributed by atoms with Gasteiger partial charge in [0.05, 0.1) is 10.6 Å². The zero-order valence-electron chi connectivity index (χ0n) is 16.8. The van der Waals surface area contributed by atoms with Crippen LogP contribution in [0.2, 0.25) is 0 Å². The summed E-state index contributed by atoms with van der Waals surface area (Å²) in [5, 5.41) is 9.82. The molecular weight excluding hydrogens is 426 g/mol. The van der Waals surface area contributed by atoms with Crippen molar-refractivity contribution >= 4 is 50.4 Å². The number of thiophene rings is 1. The summed E-state index contributed by atoms with van der Waals surface area (Å²) in [5.74, 6) is -0.0483. The number of likely N-dealkylation sites (tertiary alicyclic amines) is 1. The number of thiazole rings is 1. The van der Waals surface area contributed by atoms with Crippen LogP contribution in [-0.2, 0) is 4.79 Å². The Morgan fingerprint density at radius 3 is 2.58 bits per heavy atom. The molecule has 5 nitrogen and oxygen atoms in total. The van der Waals surface area contributed by atoms with E-state index < -0.39 is 0 Å². The number of aromatic nitrogens is 1. The summed E-state index contributed by atoms with van der Waals surface area (Å²) in [5.41, 5.74) is 1.93.